The standard InChI is InChI=1S/C10H10N2O2/c1-6-7(10(12)13)3-4-9(14-2)8(6)5-11/h3-4H,1-2H3,(H2,12,13). The van der Waals surface area contributed by atoms with Crippen LogP contribution in [0.25, 0.3) is 0 Å². The van der Waals surface area contributed by atoms with Gasteiger partial charge in [0.25, 0.3) is 0 Å². The van der Waals surface area contributed by atoms with Crippen molar-refractivity contribution >= 4 is 5.91 Å². The number of benzene rings is 1. The molecule has 1 aromatic carbocycles. The lowest BCUT2D eigenvalue weighted by Crippen LogP contribution is -2.13. The summed E-state index contributed by atoms with van der Waals surface area (Å²) in [6.45, 7) is 1.67. The summed E-state index contributed by atoms with van der Waals surface area (Å²) in [6.07, 6.45) is 0. The number of primary amides is 1. The third-order valence-electron chi connectivity index (χ3n) is 2.02. The number of hydrogen-bond acceptors (Lipinski definition) is 3. The number of nitrogens with two attached hydrogens (primary N) is 1. The van der Waals surface area contributed by atoms with E-state index in [0.29, 0.717) is 22.4 Å². The summed E-state index contributed by atoms with van der Waals surface area (Å²) in [6, 6.07) is 5.09. The first-order valence-corrected chi connectivity index (χ1v) is 3.99. The maximum Gasteiger partial charge on any atom is 0.249 e. The molecule has 0 radical (unpaired) electrons. The van der Waals surface area contributed by atoms with E-state index in [-0.39, 0.29) is 0 Å². The monoisotopic (exact) mass is 190 g/mol. The Balaban J connectivity index is 3.44. The number of carbonyl (C=O) groups excluding carboxylic acids is 1. The first kappa shape index (κ1) is 10.1. The van der Waals surface area contributed by atoms with Gasteiger partial charge in [-0.25, -0.2) is 0 Å². The molecule has 72 valence electrons. The number of hydrogen-bond donors (Lipinski definition) is 1. The molecule has 0 heterocycles. The van der Waals surface area contributed by atoms with Crippen molar-refractivity contribution in [1.82, 2.24) is 0 Å². The van der Waals surface area contributed by atoms with Gasteiger partial charge >= 0.3 is 0 Å². The number of ether oxygens (including phenoxy) is 1. The molecule has 4 heteroatoms. The Labute approximate surface area is 81.9 Å². The fourth-order valence-electron chi connectivity index (χ4n) is 1.26. The van der Waals surface area contributed by atoms with Crippen molar-refractivity contribution in [2.45, 2.75) is 6.92 Å². The summed E-state index contributed by atoms with van der Waals surface area (Å²) in [5.41, 5.74) is 6.40. The zero-order valence-electron chi connectivity index (χ0n) is 8.00. The molecule has 0 saturated heterocycles. The molecule has 1 amide bonds. The highest BCUT2D eigenvalue weighted by molar-refractivity contribution is 5.95. The van der Waals surface area contributed by atoms with Crippen LogP contribution in [0.15, 0.2) is 12.1 Å². The van der Waals surface area contributed by atoms with Crippen molar-refractivity contribution in [3.63, 3.8) is 0 Å². The van der Waals surface area contributed by atoms with Crippen LogP contribution >= 0.6 is 0 Å². The third-order valence-corrected chi connectivity index (χ3v) is 2.02. The van der Waals surface area contributed by atoms with E-state index in [9.17, 15) is 4.79 Å². The smallest absolute Gasteiger partial charge is 0.249 e. The SMILES string of the molecule is COc1ccc(C(N)=O)c(C)c1C#N. The van der Waals surface area contributed by atoms with Crippen molar-refractivity contribution in [2.75, 3.05) is 7.11 Å². The number of methoxy groups -OCH3 is 1. The Morgan fingerprint density at radius 1 is 1.57 bits per heavy atom. The van der Waals surface area contributed by atoms with Gasteiger partial charge in [0.15, 0.2) is 0 Å². The average Bonchev–Trinajstić information content (AvgIpc) is 2.16. The molecular formula is C10H10N2O2. The van der Waals surface area contributed by atoms with Crippen LogP contribution in [0.3, 0.4) is 0 Å². The number of amides is 1. The minimum Gasteiger partial charge on any atom is -0.495 e. The van der Waals surface area contributed by atoms with E-state index in [2.05, 4.69) is 0 Å². The first-order valence-electron chi connectivity index (χ1n) is 3.99. The quantitative estimate of drug-likeness (QED) is 0.755. The van der Waals surface area contributed by atoms with Gasteiger partial charge in [-0.15, -0.1) is 0 Å². The molecule has 4 nitrogen and oxygen atoms in total. The van der Waals surface area contributed by atoms with E-state index < -0.39 is 5.91 Å². The number of rotatable bonds is 2. The van der Waals surface area contributed by atoms with Crippen LogP contribution in [-0.2, 0) is 0 Å². The fourth-order valence-corrected chi connectivity index (χ4v) is 1.26. The van der Waals surface area contributed by atoms with Crippen LogP contribution in [0.5, 0.6) is 5.75 Å². The van der Waals surface area contributed by atoms with Gasteiger partial charge < -0.3 is 10.5 Å². The van der Waals surface area contributed by atoms with Gasteiger partial charge in [-0.05, 0) is 24.6 Å². The highest BCUT2D eigenvalue weighted by atomic mass is 16.5. The van der Waals surface area contributed by atoms with Gasteiger partial charge in [-0.3, -0.25) is 4.79 Å². The summed E-state index contributed by atoms with van der Waals surface area (Å²) in [5.74, 6) is -0.0864. The van der Waals surface area contributed by atoms with Crippen LogP contribution in [0, 0.1) is 18.3 Å². The number of carbonyl (C=O) groups is 1. The summed E-state index contributed by atoms with van der Waals surface area (Å²) in [7, 11) is 1.47. The predicted octanol–water partition coefficient (Wildman–Crippen LogP) is 0.974. The largest absolute Gasteiger partial charge is 0.495 e. The van der Waals surface area contributed by atoms with E-state index in [0.717, 1.165) is 0 Å². The van der Waals surface area contributed by atoms with Crippen molar-refractivity contribution in [3.05, 3.63) is 28.8 Å². The van der Waals surface area contributed by atoms with Crippen LogP contribution in [0.2, 0.25) is 0 Å². The van der Waals surface area contributed by atoms with Gasteiger partial charge in [0.1, 0.15) is 11.8 Å². The van der Waals surface area contributed by atoms with E-state index in [1.165, 1.54) is 7.11 Å². The van der Waals surface area contributed by atoms with Gasteiger partial charge in [0.2, 0.25) is 5.91 Å². The summed E-state index contributed by atoms with van der Waals surface area (Å²) in [4.78, 5) is 11.0. The van der Waals surface area contributed by atoms with Gasteiger partial charge in [-0.1, -0.05) is 0 Å². The zero-order chi connectivity index (χ0) is 10.7. The van der Waals surface area contributed by atoms with Gasteiger partial charge in [0, 0.05) is 5.56 Å². The minimum absolute atomic E-state index is 0.349. The molecule has 0 aliphatic carbocycles. The van der Waals surface area contributed by atoms with Crippen molar-refractivity contribution < 1.29 is 9.53 Å². The lowest BCUT2D eigenvalue weighted by Gasteiger charge is -2.07. The molecule has 14 heavy (non-hydrogen) atoms. The molecule has 0 unspecified atom stereocenters. The predicted molar refractivity (Wildman–Crippen MR) is 51.0 cm³/mol. The van der Waals surface area contributed by atoms with Crippen LogP contribution < -0.4 is 10.5 Å². The molecule has 0 bridgehead atoms. The summed E-state index contributed by atoms with van der Waals surface area (Å²) in [5, 5.41) is 8.85. The van der Waals surface area contributed by atoms with Crippen molar-refractivity contribution in [2.24, 2.45) is 5.73 Å². The molecule has 0 atom stereocenters. The molecule has 0 saturated carbocycles. The molecule has 1 aromatic rings. The molecular weight excluding hydrogens is 180 g/mol. The van der Waals surface area contributed by atoms with Crippen LogP contribution in [0.1, 0.15) is 21.5 Å². The lowest BCUT2D eigenvalue weighted by atomic mass is 10.0. The van der Waals surface area contributed by atoms with Crippen LogP contribution in [-0.4, -0.2) is 13.0 Å². The zero-order valence-corrected chi connectivity index (χ0v) is 8.00. The van der Waals surface area contributed by atoms with Gasteiger partial charge in [-0.2, -0.15) is 5.26 Å². The average molecular weight is 190 g/mol. The van der Waals surface area contributed by atoms with E-state index in [1.807, 2.05) is 6.07 Å². The van der Waals surface area contributed by atoms with Crippen molar-refractivity contribution in [3.8, 4) is 11.8 Å². The van der Waals surface area contributed by atoms with E-state index in [4.69, 9.17) is 15.7 Å². The second-order valence-corrected chi connectivity index (χ2v) is 2.79. The fraction of sp³-hybridized carbons (Fsp3) is 0.200. The Morgan fingerprint density at radius 3 is 2.64 bits per heavy atom. The molecule has 0 spiro atoms. The maximum atomic E-state index is 11.0. The van der Waals surface area contributed by atoms with Crippen LogP contribution in [0.4, 0.5) is 0 Å². The summed E-state index contributed by atoms with van der Waals surface area (Å²) >= 11 is 0. The molecule has 0 fully saturated rings. The Kier molecular flexibility index (Phi) is 2.73. The molecule has 0 aromatic heterocycles. The molecule has 0 aliphatic rings. The lowest BCUT2D eigenvalue weighted by molar-refractivity contribution is 0.0999. The Morgan fingerprint density at radius 2 is 2.21 bits per heavy atom. The number of nitrogens with zero attached hydrogens (tertiary/aromatic N) is 1. The minimum atomic E-state index is -0.540. The first-order chi connectivity index (χ1) is 6.61. The Hall–Kier alpha value is -2.02. The van der Waals surface area contributed by atoms with E-state index >= 15 is 0 Å². The van der Waals surface area contributed by atoms with Crippen molar-refractivity contribution in [1.29, 1.82) is 5.26 Å². The molecule has 2 N–H and O–H groups in total. The van der Waals surface area contributed by atoms with E-state index in [1.54, 1.807) is 19.1 Å². The maximum absolute atomic E-state index is 11.0. The highest BCUT2D eigenvalue weighted by Gasteiger charge is 2.12. The highest BCUT2D eigenvalue weighted by Crippen LogP contribution is 2.23. The topological polar surface area (TPSA) is 76.1 Å². The molecule has 0 aliphatic heterocycles. The normalized spacial score (nSPS) is 9.21. The second-order valence-electron chi connectivity index (χ2n) is 2.79. The molecule has 1 rings (SSSR count). The number of nitriles is 1. The van der Waals surface area contributed by atoms with Gasteiger partial charge in [0.05, 0.1) is 12.7 Å². The summed E-state index contributed by atoms with van der Waals surface area (Å²) < 4.78 is 4.98. The third kappa shape index (κ3) is 1.52. The second kappa shape index (κ2) is 3.79. The Bertz CT molecular complexity index is 419.